The minimum Gasteiger partial charge on any atom is -0.352 e. The van der Waals surface area contributed by atoms with Crippen LogP contribution in [0.1, 0.15) is 38.3 Å². The predicted molar refractivity (Wildman–Crippen MR) is 162 cm³/mol. The van der Waals surface area contributed by atoms with Gasteiger partial charge in [-0.25, -0.2) is 8.42 Å². The molecule has 39 heavy (non-hydrogen) atoms. The molecule has 10 heteroatoms. The van der Waals surface area contributed by atoms with E-state index in [0.717, 1.165) is 26.3 Å². The second-order valence-corrected chi connectivity index (χ2v) is 13.1. The van der Waals surface area contributed by atoms with E-state index in [1.165, 1.54) is 17.0 Å². The van der Waals surface area contributed by atoms with Crippen LogP contribution in [0, 0.1) is 6.92 Å². The van der Waals surface area contributed by atoms with Crippen LogP contribution in [-0.4, -0.2) is 43.8 Å². The van der Waals surface area contributed by atoms with E-state index in [9.17, 15) is 18.0 Å². The van der Waals surface area contributed by atoms with Gasteiger partial charge in [0, 0.05) is 21.5 Å². The number of anilines is 1. The van der Waals surface area contributed by atoms with Gasteiger partial charge in [-0.2, -0.15) is 0 Å². The van der Waals surface area contributed by atoms with Crippen LogP contribution in [-0.2, 0) is 26.2 Å². The van der Waals surface area contributed by atoms with Crippen molar-refractivity contribution in [3.63, 3.8) is 0 Å². The summed E-state index contributed by atoms with van der Waals surface area (Å²) in [5, 5.41) is 2.94. The quantitative estimate of drug-likeness (QED) is 0.268. The van der Waals surface area contributed by atoms with Crippen LogP contribution >= 0.6 is 31.9 Å². The summed E-state index contributed by atoms with van der Waals surface area (Å²) in [5.74, 6) is -0.800. The third-order valence-electron chi connectivity index (χ3n) is 6.42. The van der Waals surface area contributed by atoms with E-state index < -0.39 is 28.5 Å². The first kappa shape index (κ1) is 30.8. The van der Waals surface area contributed by atoms with Crippen molar-refractivity contribution >= 4 is 59.4 Å². The summed E-state index contributed by atoms with van der Waals surface area (Å²) in [6.45, 7) is 7.05. The number of rotatable bonds is 11. The van der Waals surface area contributed by atoms with Crippen molar-refractivity contribution in [3.8, 4) is 0 Å². The molecule has 7 nitrogen and oxygen atoms in total. The molecule has 3 rings (SSSR count). The Morgan fingerprint density at radius 1 is 0.923 bits per heavy atom. The van der Waals surface area contributed by atoms with Gasteiger partial charge in [-0.15, -0.1) is 0 Å². The first-order valence-corrected chi connectivity index (χ1v) is 15.6. The Kier molecular flexibility index (Phi) is 10.7. The average Bonchev–Trinajstić information content (AvgIpc) is 2.90. The van der Waals surface area contributed by atoms with Gasteiger partial charge in [0.25, 0.3) is 10.0 Å². The lowest BCUT2D eigenvalue weighted by atomic mass is 10.1. The Balaban J connectivity index is 2.02. The molecule has 0 aliphatic heterocycles. The number of hydrogen-bond acceptors (Lipinski definition) is 4. The second kappa shape index (κ2) is 13.6. The SMILES string of the molecule is CCC(C)NC(=O)C(C)N(Cc1ccc(Br)cc1)C(=O)CN(c1cccc(Br)c1)S(=O)(=O)c1ccc(C)cc1. The highest BCUT2D eigenvalue weighted by Gasteiger charge is 2.32. The van der Waals surface area contributed by atoms with E-state index in [-0.39, 0.29) is 23.4 Å². The molecule has 0 aliphatic carbocycles. The molecule has 0 heterocycles. The number of sulfonamides is 1. The maximum absolute atomic E-state index is 13.9. The zero-order valence-corrected chi connectivity index (χ0v) is 26.4. The summed E-state index contributed by atoms with van der Waals surface area (Å²) >= 11 is 6.83. The number of amides is 2. The topological polar surface area (TPSA) is 86.8 Å². The van der Waals surface area contributed by atoms with Crippen LogP contribution in [0.3, 0.4) is 0 Å². The molecule has 0 aromatic heterocycles. The first-order valence-electron chi connectivity index (χ1n) is 12.6. The van der Waals surface area contributed by atoms with Crippen molar-refractivity contribution in [1.82, 2.24) is 10.2 Å². The minimum atomic E-state index is -4.11. The van der Waals surface area contributed by atoms with Crippen molar-refractivity contribution in [2.75, 3.05) is 10.8 Å². The van der Waals surface area contributed by atoms with Crippen LogP contribution in [0.25, 0.3) is 0 Å². The molecule has 0 bridgehead atoms. The number of carbonyl (C=O) groups is 2. The molecule has 0 aliphatic rings. The van der Waals surface area contributed by atoms with Gasteiger partial charge in [0.1, 0.15) is 12.6 Å². The summed E-state index contributed by atoms with van der Waals surface area (Å²) in [6.07, 6.45) is 0.741. The van der Waals surface area contributed by atoms with E-state index in [2.05, 4.69) is 37.2 Å². The fourth-order valence-corrected chi connectivity index (χ4v) is 5.89. The van der Waals surface area contributed by atoms with Gasteiger partial charge in [0.05, 0.1) is 10.6 Å². The second-order valence-electron chi connectivity index (χ2n) is 9.45. The zero-order chi connectivity index (χ0) is 28.7. The molecule has 0 radical (unpaired) electrons. The molecule has 2 amide bonds. The normalized spacial score (nSPS) is 12.9. The van der Waals surface area contributed by atoms with Gasteiger partial charge in [-0.05, 0) is 75.2 Å². The number of nitrogens with one attached hydrogen (secondary N) is 1. The van der Waals surface area contributed by atoms with Crippen LogP contribution in [0.2, 0.25) is 0 Å². The van der Waals surface area contributed by atoms with Crippen LogP contribution < -0.4 is 9.62 Å². The van der Waals surface area contributed by atoms with E-state index >= 15 is 0 Å². The number of hydrogen-bond donors (Lipinski definition) is 1. The molecule has 0 fully saturated rings. The van der Waals surface area contributed by atoms with E-state index in [0.29, 0.717) is 10.2 Å². The van der Waals surface area contributed by atoms with Crippen LogP contribution in [0.4, 0.5) is 5.69 Å². The van der Waals surface area contributed by atoms with Crippen LogP contribution in [0.15, 0.2) is 86.6 Å². The summed E-state index contributed by atoms with van der Waals surface area (Å²) in [5.41, 5.74) is 2.06. The highest BCUT2D eigenvalue weighted by Crippen LogP contribution is 2.27. The summed E-state index contributed by atoms with van der Waals surface area (Å²) in [7, 11) is -4.11. The Morgan fingerprint density at radius 2 is 1.56 bits per heavy atom. The third kappa shape index (κ3) is 8.16. The lowest BCUT2D eigenvalue weighted by Crippen LogP contribution is -2.52. The lowest BCUT2D eigenvalue weighted by molar-refractivity contribution is -0.139. The highest BCUT2D eigenvalue weighted by molar-refractivity contribution is 9.10. The highest BCUT2D eigenvalue weighted by atomic mass is 79.9. The average molecular weight is 679 g/mol. The predicted octanol–water partition coefficient (Wildman–Crippen LogP) is 6.05. The molecule has 2 unspecified atom stereocenters. The largest absolute Gasteiger partial charge is 0.352 e. The standard InChI is InChI=1S/C29H33Br2N3O4S/c1-5-21(3)32-29(36)22(4)33(18-23-11-13-24(30)14-12-23)28(35)19-34(26-8-6-7-25(31)17-26)39(37,38)27-15-9-20(2)10-16-27/h6-17,21-22H,5,18-19H2,1-4H3,(H,32,36). The molecule has 0 saturated carbocycles. The molecule has 2 atom stereocenters. The van der Waals surface area contributed by atoms with Gasteiger partial charge in [0.2, 0.25) is 11.8 Å². The minimum absolute atomic E-state index is 0.0651. The smallest absolute Gasteiger partial charge is 0.264 e. The van der Waals surface area contributed by atoms with Crippen molar-refractivity contribution < 1.29 is 18.0 Å². The van der Waals surface area contributed by atoms with Gasteiger partial charge < -0.3 is 10.2 Å². The van der Waals surface area contributed by atoms with Crippen LogP contribution in [0.5, 0.6) is 0 Å². The number of benzene rings is 3. The first-order chi connectivity index (χ1) is 18.4. The molecule has 0 saturated heterocycles. The Morgan fingerprint density at radius 3 is 2.15 bits per heavy atom. The summed E-state index contributed by atoms with van der Waals surface area (Å²) < 4.78 is 30.4. The molecule has 3 aromatic carbocycles. The number of carbonyl (C=O) groups excluding carboxylic acids is 2. The van der Waals surface area contributed by atoms with Gasteiger partial charge in [-0.1, -0.05) is 74.7 Å². The Labute approximate surface area is 247 Å². The van der Waals surface area contributed by atoms with Gasteiger partial charge in [-0.3, -0.25) is 13.9 Å². The summed E-state index contributed by atoms with van der Waals surface area (Å²) in [6, 6.07) is 19.8. The molecule has 1 N–H and O–H groups in total. The fraction of sp³-hybridized carbons (Fsp3) is 0.310. The van der Waals surface area contributed by atoms with Crippen molar-refractivity contribution in [2.24, 2.45) is 0 Å². The zero-order valence-electron chi connectivity index (χ0n) is 22.4. The maximum atomic E-state index is 13.9. The van der Waals surface area contributed by atoms with Crippen molar-refractivity contribution in [2.45, 2.75) is 57.6 Å². The fourth-order valence-electron chi connectivity index (χ4n) is 3.83. The lowest BCUT2D eigenvalue weighted by Gasteiger charge is -2.32. The number of halogens is 2. The monoisotopic (exact) mass is 677 g/mol. The van der Waals surface area contributed by atoms with Crippen molar-refractivity contribution in [3.05, 3.63) is 92.9 Å². The maximum Gasteiger partial charge on any atom is 0.264 e. The Bertz CT molecular complexity index is 1400. The molecular formula is C29H33Br2N3O4S. The van der Waals surface area contributed by atoms with Gasteiger partial charge >= 0.3 is 0 Å². The van der Waals surface area contributed by atoms with E-state index in [1.807, 2.05) is 45.0 Å². The third-order valence-corrected chi connectivity index (χ3v) is 9.23. The molecular weight excluding hydrogens is 646 g/mol. The number of aryl methyl sites for hydroxylation is 1. The molecule has 208 valence electrons. The molecule has 0 spiro atoms. The molecule has 3 aromatic rings. The van der Waals surface area contributed by atoms with Crippen molar-refractivity contribution in [1.29, 1.82) is 0 Å². The van der Waals surface area contributed by atoms with Gasteiger partial charge in [0.15, 0.2) is 0 Å². The van der Waals surface area contributed by atoms with E-state index in [1.54, 1.807) is 43.3 Å². The Hall–Kier alpha value is -2.69. The summed E-state index contributed by atoms with van der Waals surface area (Å²) in [4.78, 5) is 28.5. The number of nitrogens with zero attached hydrogens (tertiary/aromatic N) is 2. The van der Waals surface area contributed by atoms with E-state index in [4.69, 9.17) is 0 Å².